The van der Waals surface area contributed by atoms with Gasteiger partial charge in [-0.25, -0.2) is 0 Å². The first kappa shape index (κ1) is 3.87. The van der Waals surface area contributed by atoms with E-state index in [1.54, 1.807) is 0 Å². The molecule has 0 saturated carbocycles. The number of hydrogen-bond acceptors (Lipinski definition) is 3. The molecule has 0 spiro atoms. The molecule has 0 aliphatic heterocycles. The van der Waals surface area contributed by atoms with Gasteiger partial charge in [-0.3, -0.25) is 0 Å². The number of nitrogens with zero attached hydrogens (tertiary/aromatic N) is 1. The van der Waals surface area contributed by atoms with Gasteiger partial charge in [-0.05, 0) is 19.3 Å². The van der Waals surface area contributed by atoms with E-state index in [1.807, 2.05) is 0 Å². The van der Waals surface area contributed by atoms with Gasteiger partial charge in [0, 0.05) is 6.04 Å². The standard InChI is InChI=1S/C9H20N2O2/c1-11(2,3)7-5-4-6-8(10)9(12)13/h8H,4-7,10H2,1-3H3/t8-/m0/s1/i1D3,2D3,3D3. The van der Waals surface area contributed by atoms with Crippen molar-refractivity contribution in [3.8, 4) is 0 Å². The lowest BCUT2D eigenvalue weighted by molar-refractivity contribution is -0.870. The summed E-state index contributed by atoms with van der Waals surface area (Å²) in [5, 5.41) is 10.5. The highest BCUT2D eigenvalue weighted by Gasteiger charge is 2.07. The number of quaternary nitrogens is 1. The van der Waals surface area contributed by atoms with E-state index in [-0.39, 0.29) is 19.3 Å². The second kappa shape index (κ2) is 5.19. The predicted octanol–water partition coefficient (Wildman–Crippen LogP) is -1.06. The lowest BCUT2D eigenvalue weighted by Gasteiger charge is -2.24. The Labute approximate surface area is 91.2 Å². The number of nitrogens with two attached hydrogens (primary N) is 1. The second-order valence-corrected chi connectivity index (χ2v) is 2.95. The van der Waals surface area contributed by atoms with Crippen molar-refractivity contribution in [1.82, 2.24) is 0 Å². The Morgan fingerprint density at radius 3 is 2.62 bits per heavy atom. The van der Waals surface area contributed by atoms with Gasteiger partial charge in [0.1, 0.15) is 0 Å². The van der Waals surface area contributed by atoms with Crippen molar-refractivity contribution < 1.29 is 26.7 Å². The van der Waals surface area contributed by atoms with Crippen LogP contribution in [0, 0.1) is 0 Å². The molecule has 0 bridgehead atoms. The van der Waals surface area contributed by atoms with Crippen LogP contribution in [-0.2, 0) is 4.79 Å². The Balaban J connectivity index is 5.25. The highest BCUT2D eigenvalue weighted by atomic mass is 16.4. The molecule has 0 saturated heterocycles. The van der Waals surface area contributed by atoms with E-state index in [0.717, 1.165) is 0 Å². The van der Waals surface area contributed by atoms with E-state index >= 15 is 0 Å². The van der Waals surface area contributed by atoms with Crippen molar-refractivity contribution in [2.24, 2.45) is 5.73 Å². The molecule has 13 heavy (non-hydrogen) atoms. The molecular formula is C9H20N2O2. The van der Waals surface area contributed by atoms with Gasteiger partial charge < -0.3 is 20.1 Å². The van der Waals surface area contributed by atoms with Gasteiger partial charge in [0.15, 0.2) is 0 Å². The summed E-state index contributed by atoms with van der Waals surface area (Å²) in [7, 11) is 0. The fourth-order valence-corrected chi connectivity index (χ4v) is 0.831. The highest BCUT2D eigenvalue weighted by Crippen LogP contribution is 2.02. The average molecular weight is 197 g/mol. The monoisotopic (exact) mass is 197 g/mol. The van der Waals surface area contributed by atoms with Crippen LogP contribution in [0.1, 0.15) is 31.6 Å². The molecule has 0 aromatic rings. The SMILES string of the molecule is [2H]C([2H])([2H])[N+](CCCC[C@H](N)C(=O)[O-])(C([2H])([2H])[2H])C([2H])([2H])[2H]. The van der Waals surface area contributed by atoms with Crippen LogP contribution in [-0.4, -0.2) is 44.0 Å². The summed E-state index contributed by atoms with van der Waals surface area (Å²) in [5.74, 6) is -1.48. The average Bonchev–Trinajstić information content (AvgIpc) is 2.22. The summed E-state index contributed by atoms with van der Waals surface area (Å²) in [6, 6.07) is -1.27. The molecule has 2 N–H and O–H groups in total. The molecular weight excluding hydrogens is 168 g/mol. The first-order chi connectivity index (χ1) is 9.58. The fourth-order valence-electron chi connectivity index (χ4n) is 0.831. The maximum Gasteiger partial charge on any atom is 0.0886 e. The van der Waals surface area contributed by atoms with E-state index in [4.69, 9.17) is 18.1 Å². The molecule has 0 radical (unpaired) electrons. The molecule has 0 unspecified atom stereocenters. The third-order valence-corrected chi connectivity index (χ3v) is 1.56. The summed E-state index contributed by atoms with van der Waals surface area (Å²) in [5.41, 5.74) is 5.22. The van der Waals surface area contributed by atoms with Gasteiger partial charge in [-0.2, -0.15) is 0 Å². The van der Waals surface area contributed by atoms with Crippen LogP contribution in [0.3, 0.4) is 0 Å². The molecule has 0 aromatic carbocycles. The molecule has 4 heteroatoms. The van der Waals surface area contributed by atoms with Gasteiger partial charge in [-0.15, -0.1) is 0 Å². The summed E-state index contributed by atoms with van der Waals surface area (Å²) in [6.45, 7) is -10.5. The lowest BCUT2D eigenvalue weighted by atomic mass is 10.1. The normalized spacial score (nSPS) is 27.3. The van der Waals surface area contributed by atoms with Gasteiger partial charge in [0.2, 0.25) is 0 Å². The summed E-state index contributed by atoms with van der Waals surface area (Å²) < 4.78 is 64.5. The van der Waals surface area contributed by atoms with E-state index < -0.39 is 44.0 Å². The quantitative estimate of drug-likeness (QED) is 0.436. The highest BCUT2D eigenvalue weighted by molar-refractivity contribution is 5.70. The number of rotatable bonds is 6. The minimum absolute atomic E-state index is 0.0642. The molecule has 0 aromatic heterocycles. The molecule has 0 fully saturated rings. The Morgan fingerprint density at radius 1 is 1.54 bits per heavy atom. The van der Waals surface area contributed by atoms with Crippen molar-refractivity contribution in [2.45, 2.75) is 25.3 Å². The Kier molecular flexibility index (Phi) is 1.54. The lowest BCUT2D eigenvalue weighted by Crippen LogP contribution is -2.42. The van der Waals surface area contributed by atoms with Crippen molar-refractivity contribution in [3.05, 3.63) is 0 Å². The van der Waals surface area contributed by atoms with Gasteiger partial charge in [0.05, 0.1) is 45.8 Å². The van der Waals surface area contributed by atoms with E-state index in [2.05, 4.69) is 0 Å². The Bertz CT molecular complexity index is 352. The van der Waals surface area contributed by atoms with Crippen LogP contribution in [0.15, 0.2) is 0 Å². The van der Waals surface area contributed by atoms with Crippen LogP contribution >= 0.6 is 0 Å². The number of aliphatic carboxylic acids is 1. The topological polar surface area (TPSA) is 66.2 Å². The third-order valence-electron chi connectivity index (χ3n) is 1.56. The molecule has 0 aliphatic carbocycles. The van der Waals surface area contributed by atoms with Crippen molar-refractivity contribution in [2.75, 3.05) is 27.5 Å². The van der Waals surface area contributed by atoms with Gasteiger partial charge in [-0.1, -0.05) is 0 Å². The molecule has 78 valence electrons. The number of carbonyl (C=O) groups is 1. The number of carbonyl (C=O) groups excluding carboxylic acids is 1. The van der Waals surface area contributed by atoms with Gasteiger partial charge in [0.25, 0.3) is 0 Å². The first-order valence-electron chi connectivity index (χ1n) is 8.43. The van der Waals surface area contributed by atoms with Crippen LogP contribution < -0.4 is 10.8 Å². The maximum absolute atomic E-state index is 10.5. The molecule has 0 amide bonds. The number of carboxylic acid groups (broad SMARTS) is 1. The number of hydrogen-bond donors (Lipinski definition) is 1. The van der Waals surface area contributed by atoms with Crippen LogP contribution in [0.4, 0.5) is 0 Å². The smallest absolute Gasteiger partial charge is 0.0886 e. The predicted molar refractivity (Wildman–Crippen MR) is 49.7 cm³/mol. The summed E-state index contributed by atoms with van der Waals surface area (Å²) >= 11 is 0. The Morgan fingerprint density at radius 2 is 2.15 bits per heavy atom. The Hall–Kier alpha value is -0.610. The zero-order valence-electron chi connectivity index (χ0n) is 16.2. The maximum atomic E-state index is 10.5. The number of carboxylic acids is 1. The molecule has 0 rings (SSSR count). The van der Waals surface area contributed by atoms with E-state index in [9.17, 15) is 9.90 Å². The van der Waals surface area contributed by atoms with Crippen molar-refractivity contribution in [3.63, 3.8) is 0 Å². The van der Waals surface area contributed by atoms with Gasteiger partial charge >= 0.3 is 0 Å². The molecule has 0 heterocycles. The van der Waals surface area contributed by atoms with Crippen LogP contribution in [0.2, 0.25) is 0 Å². The fraction of sp³-hybridized carbons (Fsp3) is 0.889. The van der Waals surface area contributed by atoms with E-state index in [0.29, 0.717) is 0 Å². The third kappa shape index (κ3) is 7.74. The largest absolute Gasteiger partial charge is 0.548 e. The van der Waals surface area contributed by atoms with Crippen molar-refractivity contribution in [1.29, 1.82) is 0 Å². The number of unbranched alkanes of at least 4 members (excludes halogenated alkanes) is 1. The first-order valence-corrected chi connectivity index (χ1v) is 3.93. The van der Waals surface area contributed by atoms with Crippen LogP contribution in [0.25, 0.3) is 0 Å². The van der Waals surface area contributed by atoms with E-state index in [1.165, 1.54) is 0 Å². The zero-order chi connectivity index (χ0) is 18.0. The van der Waals surface area contributed by atoms with Crippen molar-refractivity contribution >= 4 is 5.97 Å². The molecule has 1 atom stereocenters. The second-order valence-electron chi connectivity index (χ2n) is 2.95. The summed E-state index contributed by atoms with van der Waals surface area (Å²) in [6.07, 6.45) is -0.112. The summed E-state index contributed by atoms with van der Waals surface area (Å²) in [4.78, 5) is 10.5. The van der Waals surface area contributed by atoms with Crippen LogP contribution in [0.5, 0.6) is 0 Å². The minimum atomic E-state index is -3.28. The zero-order valence-corrected chi connectivity index (χ0v) is 7.25. The molecule has 0 aliphatic rings. The minimum Gasteiger partial charge on any atom is -0.548 e. The molecule has 4 nitrogen and oxygen atoms in total.